The van der Waals surface area contributed by atoms with Crippen molar-refractivity contribution < 1.29 is 13.9 Å². The van der Waals surface area contributed by atoms with Crippen LogP contribution >= 0.6 is 27.7 Å². The standard InChI is InChI=1S/C9H7BrFN5O2S/c1-18-7(17)4-16-9(13-14-15-16)19-8-6(11)2-5(10)3-12-8/h2-3H,4H2,1H3. The zero-order chi connectivity index (χ0) is 13.8. The lowest BCUT2D eigenvalue weighted by molar-refractivity contribution is -0.141. The Morgan fingerprint density at radius 1 is 1.63 bits per heavy atom. The molecule has 0 aliphatic heterocycles. The van der Waals surface area contributed by atoms with Crippen LogP contribution in [-0.4, -0.2) is 38.3 Å². The predicted molar refractivity (Wildman–Crippen MR) is 65.9 cm³/mol. The van der Waals surface area contributed by atoms with Crippen molar-refractivity contribution in [3.63, 3.8) is 0 Å². The molecule has 10 heteroatoms. The molecule has 2 aromatic rings. The van der Waals surface area contributed by atoms with Gasteiger partial charge < -0.3 is 4.74 Å². The molecule has 0 saturated heterocycles. The van der Waals surface area contributed by atoms with Gasteiger partial charge in [-0.2, -0.15) is 0 Å². The largest absolute Gasteiger partial charge is 0.468 e. The number of hydrogen-bond donors (Lipinski definition) is 0. The normalized spacial score (nSPS) is 10.5. The van der Waals surface area contributed by atoms with Crippen molar-refractivity contribution in [2.75, 3.05) is 7.11 Å². The van der Waals surface area contributed by atoms with Gasteiger partial charge in [-0.25, -0.2) is 14.1 Å². The van der Waals surface area contributed by atoms with Gasteiger partial charge in [0.1, 0.15) is 11.6 Å². The third-order valence-corrected chi connectivity index (χ3v) is 3.37. The average molecular weight is 348 g/mol. The number of ether oxygens (including phenoxy) is 1. The van der Waals surface area contributed by atoms with Crippen LogP contribution in [0.15, 0.2) is 26.9 Å². The predicted octanol–water partition coefficient (Wildman–Crippen LogP) is 1.29. The summed E-state index contributed by atoms with van der Waals surface area (Å²) in [6.07, 6.45) is 1.46. The third-order valence-electron chi connectivity index (χ3n) is 1.97. The molecule has 0 amide bonds. The Morgan fingerprint density at radius 3 is 3.11 bits per heavy atom. The number of rotatable bonds is 4. The number of methoxy groups -OCH3 is 1. The Morgan fingerprint density at radius 2 is 2.42 bits per heavy atom. The molecule has 2 heterocycles. The number of halogens is 2. The van der Waals surface area contributed by atoms with Crippen molar-refractivity contribution in [1.29, 1.82) is 0 Å². The first-order valence-corrected chi connectivity index (χ1v) is 6.53. The van der Waals surface area contributed by atoms with Gasteiger partial charge in [-0.3, -0.25) is 4.79 Å². The molecule has 0 spiro atoms. The van der Waals surface area contributed by atoms with Gasteiger partial charge in [0.15, 0.2) is 5.82 Å². The second kappa shape index (κ2) is 6.06. The Bertz CT molecular complexity index is 608. The highest BCUT2D eigenvalue weighted by Gasteiger charge is 2.15. The summed E-state index contributed by atoms with van der Waals surface area (Å²) in [4.78, 5) is 15.1. The third kappa shape index (κ3) is 3.47. The van der Waals surface area contributed by atoms with E-state index in [-0.39, 0.29) is 16.7 Å². The first-order valence-electron chi connectivity index (χ1n) is 4.92. The van der Waals surface area contributed by atoms with Crippen LogP contribution in [0.3, 0.4) is 0 Å². The van der Waals surface area contributed by atoms with E-state index in [1.165, 1.54) is 24.1 Å². The highest BCUT2D eigenvalue weighted by atomic mass is 79.9. The van der Waals surface area contributed by atoms with Crippen molar-refractivity contribution >= 4 is 33.7 Å². The van der Waals surface area contributed by atoms with Crippen LogP contribution in [0.5, 0.6) is 0 Å². The minimum atomic E-state index is -0.507. The van der Waals surface area contributed by atoms with E-state index in [9.17, 15) is 9.18 Å². The lowest BCUT2D eigenvalue weighted by Crippen LogP contribution is -2.13. The number of aromatic nitrogens is 5. The molecule has 7 nitrogen and oxygen atoms in total. The quantitative estimate of drug-likeness (QED) is 0.770. The average Bonchev–Trinajstić information content (AvgIpc) is 2.80. The Kier molecular flexibility index (Phi) is 4.43. The maximum Gasteiger partial charge on any atom is 0.327 e. The van der Waals surface area contributed by atoms with Crippen LogP contribution in [0.1, 0.15) is 0 Å². The van der Waals surface area contributed by atoms with Crippen molar-refractivity contribution in [3.8, 4) is 0 Å². The second-order valence-corrected chi connectivity index (χ2v) is 5.11. The van der Waals surface area contributed by atoms with E-state index in [0.29, 0.717) is 4.47 Å². The molecule has 0 N–H and O–H groups in total. The number of carbonyl (C=O) groups is 1. The molecule has 0 aromatic carbocycles. The first-order chi connectivity index (χ1) is 9.10. The van der Waals surface area contributed by atoms with E-state index in [1.807, 2.05) is 0 Å². The lowest BCUT2D eigenvalue weighted by Gasteiger charge is -2.03. The molecule has 0 atom stereocenters. The number of carbonyl (C=O) groups excluding carboxylic acids is 1. The summed E-state index contributed by atoms with van der Waals surface area (Å²) >= 11 is 4.03. The van der Waals surface area contributed by atoms with Crippen LogP contribution < -0.4 is 0 Å². The molecule has 0 saturated carbocycles. The van der Waals surface area contributed by atoms with Gasteiger partial charge in [-0.1, -0.05) is 0 Å². The summed E-state index contributed by atoms with van der Waals surface area (Å²) in [7, 11) is 1.26. The zero-order valence-electron chi connectivity index (χ0n) is 9.58. The van der Waals surface area contributed by atoms with Gasteiger partial charge in [0, 0.05) is 10.7 Å². The molecule has 0 fully saturated rings. The zero-order valence-corrected chi connectivity index (χ0v) is 12.0. The lowest BCUT2D eigenvalue weighted by atomic mass is 10.5. The van der Waals surface area contributed by atoms with E-state index in [2.05, 4.69) is 41.2 Å². The number of esters is 1. The van der Waals surface area contributed by atoms with Crippen molar-refractivity contribution in [2.45, 2.75) is 16.7 Å². The highest BCUT2D eigenvalue weighted by Crippen LogP contribution is 2.27. The molecule has 0 radical (unpaired) electrons. The van der Waals surface area contributed by atoms with Crippen LogP contribution in [0.25, 0.3) is 0 Å². The fourth-order valence-corrected chi connectivity index (χ4v) is 2.14. The van der Waals surface area contributed by atoms with Crippen LogP contribution in [-0.2, 0) is 16.1 Å². The minimum absolute atomic E-state index is 0.115. The summed E-state index contributed by atoms with van der Waals surface area (Å²) < 4.78 is 19.9. The summed E-state index contributed by atoms with van der Waals surface area (Å²) in [5.74, 6) is -1.01. The van der Waals surface area contributed by atoms with Crippen LogP contribution in [0.2, 0.25) is 0 Å². The Balaban J connectivity index is 2.19. The van der Waals surface area contributed by atoms with E-state index in [1.54, 1.807) is 0 Å². The summed E-state index contributed by atoms with van der Waals surface area (Å²) in [6.45, 7) is -0.149. The van der Waals surface area contributed by atoms with Gasteiger partial charge in [-0.05, 0) is 44.2 Å². The van der Waals surface area contributed by atoms with Gasteiger partial charge in [0.2, 0.25) is 5.16 Å². The molecule has 19 heavy (non-hydrogen) atoms. The molecule has 0 bridgehead atoms. The van der Waals surface area contributed by atoms with Gasteiger partial charge >= 0.3 is 5.97 Å². The van der Waals surface area contributed by atoms with Crippen LogP contribution in [0, 0.1) is 5.82 Å². The molecular weight excluding hydrogens is 341 g/mol. The van der Waals surface area contributed by atoms with Crippen LogP contribution in [0.4, 0.5) is 4.39 Å². The fourth-order valence-electron chi connectivity index (χ4n) is 1.12. The number of nitrogens with zero attached hydrogens (tertiary/aromatic N) is 5. The highest BCUT2D eigenvalue weighted by molar-refractivity contribution is 9.10. The SMILES string of the molecule is COC(=O)Cn1nnnc1Sc1ncc(Br)cc1F. The maximum absolute atomic E-state index is 13.6. The second-order valence-electron chi connectivity index (χ2n) is 3.24. The minimum Gasteiger partial charge on any atom is -0.468 e. The van der Waals surface area contributed by atoms with E-state index in [0.717, 1.165) is 11.8 Å². The molecule has 100 valence electrons. The van der Waals surface area contributed by atoms with E-state index in [4.69, 9.17) is 0 Å². The summed E-state index contributed by atoms with van der Waals surface area (Å²) in [5, 5.41) is 11.1. The van der Waals surface area contributed by atoms with Crippen molar-refractivity contribution in [2.24, 2.45) is 0 Å². The Labute approximate surface area is 119 Å². The fraction of sp³-hybridized carbons (Fsp3) is 0.222. The molecule has 0 aliphatic rings. The molecule has 0 unspecified atom stereocenters. The summed E-state index contributed by atoms with van der Waals surface area (Å²) in [5.41, 5.74) is 0. The number of pyridine rings is 1. The monoisotopic (exact) mass is 347 g/mol. The molecule has 0 aliphatic carbocycles. The molecule has 2 rings (SSSR count). The van der Waals surface area contributed by atoms with Gasteiger partial charge in [-0.15, -0.1) is 5.10 Å². The van der Waals surface area contributed by atoms with Crippen molar-refractivity contribution in [3.05, 3.63) is 22.6 Å². The molecule has 2 aromatic heterocycles. The maximum atomic E-state index is 13.6. The Hall–Kier alpha value is -1.55. The van der Waals surface area contributed by atoms with E-state index < -0.39 is 11.8 Å². The first kappa shape index (κ1) is 13.9. The smallest absolute Gasteiger partial charge is 0.327 e. The van der Waals surface area contributed by atoms with Gasteiger partial charge in [0.25, 0.3) is 0 Å². The van der Waals surface area contributed by atoms with E-state index >= 15 is 0 Å². The molecular formula is C9H7BrFN5O2S. The number of tetrazole rings is 1. The van der Waals surface area contributed by atoms with Gasteiger partial charge in [0.05, 0.1) is 7.11 Å². The van der Waals surface area contributed by atoms with Crippen molar-refractivity contribution in [1.82, 2.24) is 25.2 Å². The number of hydrogen-bond acceptors (Lipinski definition) is 7. The summed E-state index contributed by atoms with van der Waals surface area (Å²) in [6, 6.07) is 1.28. The topological polar surface area (TPSA) is 82.8 Å².